The standard InChI is InChI=1S/C38H44N4O6/c1-40(2)23-35(43)39-28-9-13-32(41-14-17-46-18-15-41)27(20-28)24-48-29-10-12-31-34(22-29)47-19-16-42-33-21-26(38(44)45)8-11-30(33)36(37(31)42)25-6-4-3-5-7-25/h8-13,20-22,25H,3-7,14-19,23-24H2,1-2H3,(H,39,43)(H,44,45). The molecule has 1 amide bonds. The van der Waals surface area contributed by atoms with Gasteiger partial charge in [-0.25, -0.2) is 4.79 Å². The molecular formula is C38H44N4O6. The number of carboxylic acid groups (broad SMARTS) is 1. The van der Waals surface area contributed by atoms with Crippen LogP contribution in [0.15, 0.2) is 54.6 Å². The van der Waals surface area contributed by atoms with Gasteiger partial charge in [0.15, 0.2) is 0 Å². The van der Waals surface area contributed by atoms with E-state index in [2.05, 4.69) is 26.9 Å². The number of anilines is 2. The van der Waals surface area contributed by atoms with Crippen molar-refractivity contribution in [3.63, 3.8) is 0 Å². The lowest BCUT2D eigenvalue weighted by molar-refractivity contribution is -0.116. The van der Waals surface area contributed by atoms with Crippen LogP contribution in [0.25, 0.3) is 22.2 Å². The van der Waals surface area contributed by atoms with E-state index < -0.39 is 5.97 Å². The average molecular weight is 653 g/mol. The Morgan fingerprint density at radius 2 is 1.77 bits per heavy atom. The number of nitrogens with zero attached hydrogens (tertiary/aromatic N) is 3. The molecule has 1 saturated heterocycles. The van der Waals surface area contributed by atoms with Gasteiger partial charge in [0.05, 0.1) is 37.6 Å². The van der Waals surface area contributed by atoms with Crippen LogP contribution in [0.5, 0.6) is 11.5 Å². The molecular weight excluding hydrogens is 608 g/mol. The van der Waals surface area contributed by atoms with Crippen LogP contribution in [-0.2, 0) is 22.7 Å². The number of aromatic carboxylic acids is 1. The minimum absolute atomic E-state index is 0.0712. The molecule has 1 saturated carbocycles. The molecule has 0 atom stereocenters. The number of nitrogens with one attached hydrogen (secondary N) is 1. The molecule has 10 nitrogen and oxygen atoms in total. The number of rotatable bonds is 9. The van der Waals surface area contributed by atoms with Crippen molar-refractivity contribution >= 4 is 34.2 Å². The first-order valence-electron chi connectivity index (χ1n) is 17.1. The van der Waals surface area contributed by atoms with E-state index in [0.29, 0.717) is 56.7 Å². The summed E-state index contributed by atoms with van der Waals surface area (Å²) in [6.45, 7) is 4.62. The molecule has 4 aromatic rings. The fraction of sp³-hybridized carbons (Fsp3) is 0.421. The first kappa shape index (κ1) is 32.0. The molecule has 0 radical (unpaired) electrons. The predicted octanol–water partition coefficient (Wildman–Crippen LogP) is 6.36. The Morgan fingerprint density at radius 1 is 0.958 bits per heavy atom. The van der Waals surface area contributed by atoms with Crippen LogP contribution in [0, 0.1) is 0 Å². The number of carbonyl (C=O) groups excluding carboxylic acids is 1. The Hall–Kier alpha value is -4.54. The summed E-state index contributed by atoms with van der Waals surface area (Å²) in [5, 5.41) is 13.9. The molecule has 3 aromatic carbocycles. The lowest BCUT2D eigenvalue weighted by Gasteiger charge is -2.31. The Kier molecular flexibility index (Phi) is 9.28. The highest BCUT2D eigenvalue weighted by molar-refractivity contribution is 5.99. The third kappa shape index (κ3) is 6.59. The molecule has 1 aromatic heterocycles. The van der Waals surface area contributed by atoms with E-state index in [1.165, 1.54) is 24.8 Å². The molecule has 1 aliphatic carbocycles. The number of morpholine rings is 1. The van der Waals surface area contributed by atoms with E-state index in [4.69, 9.17) is 14.2 Å². The number of aromatic nitrogens is 1. The summed E-state index contributed by atoms with van der Waals surface area (Å²) >= 11 is 0. The molecule has 7 rings (SSSR count). The molecule has 2 N–H and O–H groups in total. The van der Waals surface area contributed by atoms with Crippen LogP contribution >= 0.6 is 0 Å². The Bertz CT molecular complexity index is 1820. The zero-order valence-corrected chi connectivity index (χ0v) is 27.8. The van der Waals surface area contributed by atoms with E-state index in [1.54, 1.807) is 6.07 Å². The van der Waals surface area contributed by atoms with Gasteiger partial charge in [-0.2, -0.15) is 0 Å². The molecule has 252 valence electrons. The van der Waals surface area contributed by atoms with E-state index in [1.807, 2.05) is 55.4 Å². The van der Waals surface area contributed by atoms with Crippen molar-refractivity contribution in [3.8, 4) is 22.8 Å². The van der Waals surface area contributed by atoms with E-state index in [-0.39, 0.29) is 5.91 Å². The summed E-state index contributed by atoms with van der Waals surface area (Å²) in [5.41, 5.74) is 7.48. The van der Waals surface area contributed by atoms with Gasteiger partial charge in [-0.1, -0.05) is 25.3 Å². The summed E-state index contributed by atoms with van der Waals surface area (Å²) in [6, 6.07) is 17.6. The number of carboxylic acids is 1. The first-order chi connectivity index (χ1) is 23.4. The summed E-state index contributed by atoms with van der Waals surface area (Å²) in [5.74, 6) is 0.887. The highest BCUT2D eigenvalue weighted by Crippen LogP contribution is 2.48. The lowest BCUT2D eigenvalue weighted by Crippen LogP contribution is -2.37. The second kappa shape index (κ2) is 13.9. The molecule has 48 heavy (non-hydrogen) atoms. The van der Waals surface area contributed by atoms with Crippen molar-refractivity contribution in [2.24, 2.45) is 0 Å². The van der Waals surface area contributed by atoms with Gasteiger partial charge in [0.1, 0.15) is 24.7 Å². The minimum Gasteiger partial charge on any atom is -0.491 e. The smallest absolute Gasteiger partial charge is 0.335 e. The van der Waals surface area contributed by atoms with E-state index in [0.717, 1.165) is 70.8 Å². The van der Waals surface area contributed by atoms with Gasteiger partial charge in [-0.3, -0.25) is 4.79 Å². The van der Waals surface area contributed by atoms with Gasteiger partial charge in [0.2, 0.25) is 5.91 Å². The highest BCUT2D eigenvalue weighted by atomic mass is 16.5. The van der Waals surface area contributed by atoms with Crippen LogP contribution in [0.3, 0.4) is 0 Å². The van der Waals surface area contributed by atoms with Crippen molar-refractivity contribution in [1.82, 2.24) is 9.47 Å². The summed E-state index contributed by atoms with van der Waals surface area (Å²) < 4.78 is 20.7. The molecule has 10 heteroatoms. The Balaban J connectivity index is 1.21. The lowest BCUT2D eigenvalue weighted by atomic mass is 9.81. The number of benzene rings is 3. The molecule has 3 heterocycles. The predicted molar refractivity (Wildman–Crippen MR) is 187 cm³/mol. The first-order valence-corrected chi connectivity index (χ1v) is 17.1. The van der Waals surface area contributed by atoms with Crippen LogP contribution < -0.4 is 19.7 Å². The van der Waals surface area contributed by atoms with Gasteiger partial charge in [-0.15, -0.1) is 0 Å². The Morgan fingerprint density at radius 3 is 2.54 bits per heavy atom. The Labute approximate surface area is 281 Å². The van der Waals surface area contributed by atoms with Gasteiger partial charge < -0.3 is 39.0 Å². The maximum Gasteiger partial charge on any atom is 0.335 e. The fourth-order valence-electron chi connectivity index (χ4n) is 7.53. The second-order valence-corrected chi connectivity index (χ2v) is 13.3. The zero-order valence-electron chi connectivity index (χ0n) is 27.8. The summed E-state index contributed by atoms with van der Waals surface area (Å²) in [7, 11) is 3.74. The number of hydrogen-bond donors (Lipinski definition) is 2. The summed E-state index contributed by atoms with van der Waals surface area (Å²) in [6.07, 6.45) is 5.92. The molecule has 0 bridgehead atoms. The van der Waals surface area contributed by atoms with Crippen LogP contribution in [0.4, 0.5) is 11.4 Å². The fourth-order valence-corrected chi connectivity index (χ4v) is 7.53. The van der Waals surface area contributed by atoms with Gasteiger partial charge in [-0.05, 0) is 80.9 Å². The third-order valence-corrected chi connectivity index (χ3v) is 9.71. The molecule has 2 fully saturated rings. The van der Waals surface area contributed by atoms with Gasteiger partial charge in [0, 0.05) is 52.6 Å². The second-order valence-electron chi connectivity index (χ2n) is 13.3. The quantitative estimate of drug-likeness (QED) is 0.215. The molecule has 0 spiro atoms. The van der Waals surface area contributed by atoms with E-state index in [9.17, 15) is 14.7 Å². The minimum atomic E-state index is -0.919. The molecule has 0 unspecified atom stereocenters. The van der Waals surface area contributed by atoms with Crippen molar-refractivity contribution in [1.29, 1.82) is 0 Å². The van der Waals surface area contributed by atoms with Crippen molar-refractivity contribution in [2.45, 2.75) is 51.2 Å². The van der Waals surface area contributed by atoms with Crippen LogP contribution in [0.1, 0.15) is 59.5 Å². The van der Waals surface area contributed by atoms with Crippen molar-refractivity contribution < 1.29 is 28.9 Å². The number of hydrogen-bond acceptors (Lipinski definition) is 7. The maximum atomic E-state index is 12.5. The number of carbonyl (C=O) groups is 2. The van der Waals surface area contributed by atoms with Crippen LogP contribution in [-0.4, -0.2) is 80.0 Å². The SMILES string of the molecule is CN(C)CC(=O)Nc1ccc(N2CCOCC2)c(COc2ccc3c(c2)OCCn2c-3c(C3CCCCC3)c3ccc(C(=O)O)cc32)c1. The third-order valence-electron chi connectivity index (χ3n) is 9.71. The molecule has 2 aliphatic heterocycles. The number of fused-ring (bicyclic) bond motifs is 5. The zero-order chi connectivity index (χ0) is 33.2. The number of likely N-dealkylation sites (N-methyl/N-ethyl adjacent to an activating group) is 1. The van der Waals surface area contributed by atoms with Gasteiger partial charge in [0.25, 0.3) is 0 Å². The normalized spacial score (nSPS) is 16.6. The molecule has 3 aliphatic rings. The van der Waals surface area contributed by atoms with E-state index >= 15 is 0 Å². The number of amides is 1. The monoisotopic (exact) mass is 652 g/mol. The average Bonchev–Trinajstić information content (AvgIpc) is 3.29. The van der Waals surface area contributed by atoms with Crippen molar-refractivity contribution in [2.75, 3.05) is 63.8 Å². The number of ether oxygens (including phenoxy) is 3. The summed E-state index contributed by atoms with van der Waals surface area (Å²) in [4.78, 5) is 28.6. The largest absolute Gasteiger partial charge is 0.491 e. The van der Waals surface area contributed by atoms with Crippen LogP contribution in [0.2, 0.25) is 0 Å². The van der Waals surface area contributed by atoms with Crippen molar-refractivity contribution in [3.05, 3.63) is 71.3 Å². The topological polar surface area (TPSA) is 106 Å². The maximum absolute atomic E-state index is 12.5. The van der Waals surface area contributed by atoms with Gasteiger partial charge >= 0.3 is 5.97 Å². The highest BCUT2D eigenvalue weighted by Gasteiger charge is 2.30.